The zero-order chi connectivity index (χ0) is 10.9. The molecule has 0 spiro atoms. The fraction of sp³-hybridized carbons (Fsp3) is 0.286. The van der Waals surface area contributed by atoms with Crippen molar-refractivity contribution in [3.05, 3.63) is 28.5 Å². The van der Waals surface area contributed by atoms with Crippen LogP contribution in [0.4, 0.5) is 13.2 Å². The standard InChI is InChI=1S/C7H4ClF3NO2/c8-4-2-12-5(7(9,10)11)1-3(4)6(13)14/h1-2,6,13H/q-1. The molecule has 0 bridgehead atoms. The first kappa shape index (κ1) is 11.2. The summed E-state index contributed by atoms with van der Waals surface area (Å²) in [6.45, 7) is 0. The van der Waals surface area contributed by atoms with Crippen LogP contribution in [0.1, 0.15) is 17.5 Å². The van der Waals surface area contributed by atoms with Gasteiger partial charge >= 0.3 is 6.18 Å². The van der Waals surface area contributed by atoms with E-state index in [1.165, 1.54) is 0 Å². The number of pyridine rings is 1. The molecule has 0 aliphatic rings. The molecule has 7 heteroatoms. The van der Waals surface area contributed by atoms with Crippen LogP contribution < -0.4 is 5.11 Å². The molecule has 1 aromatic rings. The minimum atomic E-state index is -4.66. The summed E-state index contributed by atoms with van der Waals surface area (Å²) in [4.78, 5) is 2.99. The van der Waals surface area contributed by atoms with Gasteiger partial charge in [0.25, 0.3) is 0 Å². The fourth-order valence-corrected chi connectivity index (χ4v) is 0.995. The molecule has 0 amide bonds. The molecule has 1 unspecified atom stereocenters. The molecule has 0 saturated carbocycles. The van der Waals surface area contributed by atoms with E-state index in [0.29, 0.717) is 12.3 Å². The largest absolute Gasteiger partial charge is 0.828 e. The Morgan fingerprint density at radius 2 is 2.07 bits per heavy atom. The lowest BCUT2D eigenvalue weighted by Crippen LogP contribution is -2.17. The number of aliphatic hydroxyl groups is 1. The quantitative estimate of drug-likeness (QED) is 0.730. The third-order valence-corrected chi connectivity index (χ3v) is 1.76. The molecule has 1 aromatic heterocycles. The van der Waals surface area contributed by atoms with Crippen molar-refractivity contribution in [2.75, 3.05) is 0 Å². The van der Waals surface area contributed by atoms with Gasteiger partial charge in [0.1, 0.15) is 5.69 Å². The maximum atomic E-state index is 12.1. The van der Waals surface area contributed by atoms with E-state index >= 15 is 0 Å². The van der Waals surface area contributed by atoms with Gasteiger partial charge in [-0.1, -0.05) is 11.6 Å². The molecule has 0 aromatic carbocycles. The zero-order valence-electron chi connectivity index (χ0n) is 6.55. The fourth-order valence-electron chi connectivity index (χ4n) is 0.799. The average Bonchev–Trinajstić information content (AvgIpc) is 2.02. The number of hydrogen-bond acceptors (Lipinski definition) is 3. The molecule has 0 aliphatic carbocycles. The lowest BCUT2D eigenvalue weighted by Gasteiger charge is -2.17. The van der Waals surface area contributed by atoms with Crippen LogP contribution in [0.5, 0.6) is 0 Å². The van der Waals surface area contributed by atoms with Gasteiger partial charge in [-0.25, -0.2) is 0 Å². The Bertz CT molecular complexity index is 340. The van der Waals surface area contributed by atoms with Gasteiger partial charge in [0, 0.05) is 12.5 Å². The van der Waals surface area contributed by atoms with Gasteiger partial charge in [0.2, 0.25) is 0 Å². The third-order valence-electron chi connectivity index (χ3n) is 1.44. The molecule has 78 valence electrons. The number of aliphatic hydroxyl groups excluding tert-OH is 1. The molecule has 1 heterocycles. The topological polar surface area (TPSA) is 56.2 Å². The molecule has 0 saturated heterocycles. The molecular weight excluding hydrogens is 223 g/mol. The maximum Gasteiger partial charge on any atom is 0.433 e. The first-order valence-corrected chi connectivity index (χ1v) is 3.76. The minimum absolute atomic E-state index is 0.291. The van der Waals surface area contributed by atoms with Gasteiger partial charge in [-0.3, -0.25) is 4.98 Å². The van der Waals surface area contributed by atoms with Crippen LogP contribution in [0.15, 0.2) is 12.3 Å². The number of rotatable bonds is 1. The van der Waals surface area contributed by atoms with Gasteiger partial charge in [0.05, 0.1) is 5.02 Å². The highest BCUT2D eigenvalue weighted by atomic mass is 35.5. The minimum Gasteiger partial charge on any atom is -0.828 e. The molecule has 14 heavy (non-hydrogen) atoms. The van der Waals surface area contributed by atoms with E-state index in [-0.39, 0.29) is 5.02 Å². The second kappa shape index (κ2) is 3.72. The van der Waals surface area contributed by atoms with Crippen molar-refractivity contribution in [3.63, 3.8) is 0 Å². The van der Waals surface area contributed by atoms with Crippen molar-refractivity contribution in [3.8, 4) is 0 Å². The lowest BCUT2D eigenvalue weighted by molar-refractivity contribution is -0.490. The predicted octanol–water partition coefficient (Wildman–Crippen LogP) is 1.11. The summed E-state index contributed by atoms with van der Waals surface area (Å²) in [7, 11) is 0. The molecular formula is C7H4ClF3NO2-. The number of alkyl halides is 3. The van der Waals surface area contributed by atoms with E-state index < -0.39 is 23.7 Å². The monoisotopic (exact) mass is 226 g/mol. The summed E-state index contributed by atoms with van der Waals surface area (Å²) in [6, 6.07) is 0.431. The Kier molecular flexibility index (Phi) is 2.98. The van der Waals surface area contributed by atoms with Crippen molar-refractivity contribution in [1.29, 1.82) is 0 Å². The number of halogens is 4. The number of aromatic nitrogens is 1. The lowest BCUT2D eigenvalue weighted by atomic mass is 10.2. The Morgan fingerprint density at radius 1 is 1.50 bits per heavy atom. The highest BCUT2D eigenvalue weighted by Crippen LogP contribution is 2.30. The van der Waals surface area contributed by atoms with E-state index in [4.69, 9.17) is 16.7 Å². The van der Waals surface area contributed by atoms with E-state index in [0.717, 1.165) is 0 Å². The molecule has 1 rings (SSSR count). The van der Waals surface area contributed by atoms with Crippen LogP contribution >= 0.6 is 11.6 Å². The van der Waals surface area contributed by atoms with Crippen LogP contribution in [-0.2, 0) is 6.18 Å². The summed E-state index contributed by atoms with van der Waals surface area (Å²) in [5.74, 6) is 0. The van der Waals surface area contributed by atoms with E-state index in [1.807, 2.05) is 0 Å². The Hall–Kier alpha value is -0.850. The molecule has 0 radical (unpaired) electrons. The molecule has 0 aliphatic heterocycles. The van der Waals surface area contributed by atoms with Crippen LogP contribution in [0.25, 0.3) is 0 Å². The van der Waals surface area contributed by atoms with Crippen LogP contribution in [0.2, 0.25) is 5.02 Å². The van der Waals surface area contributed by atoms with Gasteiger partial charge in [-0.05, 0) is 11.6 Å². The van der Waals surface area contributed by atoms with Gasteiger partial charge in [-0.2, -0.15) is 13.2 Å². The highest BCUT2D eigenvalue weighted by molar-refractivity contribution is 6.31. The second-order valence-electron chi connectivity index (χ2n) is 2.44. The second-order valence-corrected chi connectivity index (χ2v) is 2.85. The predicted molar refractivity (Wildman–Crippen MR) is 39.2 cm³/mol. The summed E-state index contributed by atoms with van der Waals surface area (Å²) >= 11 is 5.35. The molecule has 3 nitrogen and oxygen atoms in total. The van der Waals surface area contributed by atoms with Crippen molar-refractivity contribution in [1.82, 2.24) is 4.98 Å². The molecule has 1 N–H and O–H groups in total. The SMILES string of the molecule is [O-]C(O)c1cc(C(F)(F)F)ncc1Cl. The van der Waals surface area contributed by atoms with Crippen molar-refractivity contribution in [2.45, 2.75) is 12.5 Å². The molecule has 1 atom stereocenters. The average molecular weight is 227 g/mol. The van der Waals surface area contributed by atoms with E-state index in [2.05, 4.69) is 4.98 Å². The third kappa shape index (κ3) is 2.34. The van der Waals surface area contributed by atoms with Crippen molar-refractivity contribution < 1.29 is 23.4 Å². The van der Waals surface area contributed by atoms with Crippen LogP contribution in [0.3, 0.4) is 0 Å². The van der Waals surface area contributed by atoms with Gasteiger partial charge in [0.15, 0.2) is 0 Å². The zero-order valence-corrected chi connectivity index (χ0v) is 7.30. The summed E-state index contributed by atoms with van der Waals surface area (Å²) in [5.41, 5.74) is -1.79. The van der Waals surface area contributed by atoms with Crippen LogP contribution in [-0.4, -0.2) is 10.1 Å². The number of hydrogen-bond donors (Lipinski definition) is 1. The Morgan fingerprint density at radius 3 is 2.50 bits per heavy atom. The highest BCUT2D eigenvalue weighted by Gasteiger charge is 2.32. The normalized spacial score (nSPS) is 14.1. The molecule has 0 fully saturated rings. The first-order chi connectivity index (χ1) is 6.32. The summed E-state index contributed by atoms with van der Waals surface area (Å²) in [6.07, 6.45) is -6.28. The van der Waals surface area contributed by atoms with Crippen molar-refractivity contribution >= 4 is 11.6 Å². The van der Waals surface area contributed by atoms with Crippen molar-refractivity contribution in [2.24, 2.45) is 0 Å². The van der Waals surface area contributed by atoms with E-state index in [9.17, 15) is 18.3 Å². The number of nitrogens with zero attached hydrogens (tertiary/aromatic N) is 1. The summed E-state index contributed by atoms with van der Waals surface area (Å²) < 4.78 is 36.2. The smallest absolute Gasteiger partial charge is 0.433 e. The van der Waals surface area contributed by atoms with Gasteiger partial charge < -0.3 is 10.2 Å². The Balaban J connectivity index is 3.20. The summed E-state index contributed by atoms with van der Waals surface area (Å²) in [5, 5.41) is 18.8. The van der Waals surface area contributed by atoms with Crippen LogP contribution in [0, 0.1) is 0 Å². The van der Waals surface area contributed by atoms with E-state index in [1.54, 1.807) is 0 Å². The van der Waals surface area contributed by atoms with Gasteiger partial charge in [-0.15, -0.1) is 0 Å². The maximum absolute atomic E-state index is 12.1. The first-order valence-electron chi connectivity index (χ1n) is 3.39. The Labute approximate surface area is 81.8 Å².